The van der Waals surface area contributed by atoms with E-state index in [0.29, 0.717) is 24.8 Å². The van der Waals surface area contributed by atoms with E-state index < -0.39 is 9.84 Å². The fourth-order valence-corrected chi connectivity index (χ4v) is 2.84. The van der Waals surface area contributed by atoms with Gasteiger partial charge in [-0.2, -0.15) is 0 Å². The molecule has 0 spiro atoms. The van der Waals surface area contributed by atoms with Crippen LogP contribution in [0.4, 0.5) is 0 Å². The second kappa shape index (κ2) is 6.38. The Bertz CT molecular complexity index is 462. The molecule has 18 heavy (non-hydrogen) atoms. The zero-order valence-corrected chi connectivity index (χ0v) is 12.4. The molecule has 0 aromatic carbocycles. The molecule has 0 fully saturated rings. The van der Waals surface area contributed by atoms with Gasteiger partial charge in [-0.3, -0.25) is 0 Å². The van der Waals surface area contributed by atoms with Crippen LogP contribution in [-0.2, 0) is 22.1 Å². The molecule has 1 N–H and O–H groups in total. The van der Waals surface area contributed by atoms with Gasteiger partial charge in [-0.25, -0.2) is 8.42 Å². The van der Waals surface area contributed by atoms with Crippen LogP contribution in [0.2, 0.25) is 0 Å². The molecule has 104 valence electrons. The van der Waals surface area contributed by atoms with Crippen molar-refractivity contribution in [2.75, 3.05) is 0 Å². The van der Waals surface area contributed by atoms with Crippen molar-refractivity contribution in [3.63, 3.8) is 0 Å². The Hall–Kier alpha value is -0.810. The lowest BCUT2D eigenvalue weighted by Gasteiger charge is -2.09. The molecule has 1 rings (SSSR count). The van der Waals surface area contributed by atoms with Gasteiger partial charge in [0.2, 0.25) is 0 Å². The van der Waals surface area contributed by atoms with Gasteiger partial charge in [-0.15, -0.1) is 0 Å². The highest BCUT2D eigenvalue weighted by Crippen LogP contribution is 2.16. The van der Waals surface area contributed by atoms with E-state index in [1.54, 1.807) is 13.0 Å². The summed E-state index contributed by atoms with van der Waals surface area (Å²) in [6.45, 7) is 8.34. The first-order valence-electron chi connectivity index (χ1n) is 6.37. The van der Waals surface area contributed by atoms with Gasteiger partial charge in [0.25, 0.3) is 0 Å². The Kier molecular flexibility index (Phi) is 5.41. The first-order chi connectivity index (χ1) is 8.35. The molecular weight excluding hydrogens is 250 g/mol. The third-order valence-corrected chi connectivity index (χ3v) is 5.18. The van der Waals surface area contributed by atoms with E-state index in [0.717, 1.165) is 5.76 Å². The fourth-order valence-electron chi connectivity index (χ4n) is 1.49. The smallest absolute Gasteiger partial charge is 0.160 e. The minimum Gasteiger partial charge on any atom is -0.464 e. The lowest BCUT2D eigenvalue weighted by atomic mass is 10.3. The Morgan fingerprint density at radius 3 is 2.39 bits per heavy atom. The number of hydrogen-bond acceptors (Lipinski definition) is 4. The molecule has 0 aliphatic rings. The Labute approximate surface area is 110 Å². The summed E-state index contributed by atoms with van der Waals surface area (Å²) in [4.78, 5) is 0. The van der Waals surface area contributed by atoms with Crippen LogP contribution < -0.4 is 5.32 Å². The molecular formula is C13H23NO3S. The summed E-state index contributed by atoms with van der Waals surface area (Å²) < 4.78 is 29.4. The van der Waals surface area contributed by atoms with Crippen LogP contribution in [0.5, 0.6) is 0 Å². The predicted octanol–water partition coefficient (Wildman–Crippen LogP) is 2.49. The third kappa shape index (κ3) is 4.46. The van der Waals surface area contributed by atoms with E-state index in [9.17, 15) is 8.42 Å². The monoisotopic (exact) mass is 273 g/mol. The SMILES string of the molecule is CCC(C)S(=O)(=O)Cc1ccc(CNC(C)C)o1. The van der Waals surface area contributed by atoms with E-state index >= 15 is 0 Å². The van der Waals surface area contributed by atoms with Gasteiger partial charge >= 0.3 is 0 Å². The molecule has 1 unspecified atom stereocenters. The summed E-state index contributed by atoms with van der Waals surface area (Å²) in [6, 6.07) is 3.95. The van der Waals surface area contributed by atoms with Gasteiger partial charge in [0.1, 0.15) is 17.3 Å². The normalized spacial score (nSPS) is 14.1. The largest absolute Gasteiger partial charge is 0.464 e. The van der Waals surface area contributed by atoms with Gasteiger partial charge in [-0.05, 0) is 25.5 Å². The van der Waals surface area contributed by atoms with E-state index in [2.05, 4.69) is 19.2 Å². The first kappa shape index (κ1) is 15.2. The maximum atomic E-state index is 11.9. The van der Waals surface area contributed by atoms with E-state index in [-0.39, 0.29) is 11.0 Å². The van der Waals surface area contributed by atoms with Crippen molar-refractivity contribution in [1.29, 1.82) is 0 Å². The lowest BCUT2D eigenvalue weighted by molar-refractivity contribution is 0.442. The molecule has 1 aromatic heterocycles. The molecule has 0 saturated heterocycles. The Morgan fingerprint density at radius 1 is 1.22 bits per heavy atom. The van der Waals surface area contributed by atoms with Gasteiger partial charge < -0.3 is 9.73 Å². The number of hydrogen-bond donors (Lipinski definition) is 1. The molecule has 0 bridgehead atoms. The summed E-state index contributed by atoms with van der Waals surface area (Å²) >= 11 is 0. The van der Waals surface area contributed by atoms with Crippen molar-refractivity contribution in [3.8, 4) is 0 Å². The quantitative estimate of drug-likeness (QED) is 0.829. The molecule has 1 heterocycles. The third-order valence-electron chi connectivity index (χ3n) is 2.93. The number of nitrogens with one attached hydrogen (secondary N) is 1. The second-order valence-electron chi connectivity index (χ2n) is 4.93. The van der Waals surface area contributed by atoms with Crippen LogP contribution in [0.1, 0.15) is 45.6 Å². The predicted molar refractivity (Wildman–Crippen MR) is 73.1 cm³/mol. The lowest BCUT2D eigenvalue weighted by Crippen LogP contribution is -2.21. The molecule has 0 aliphatic carbocycles. The summed E-state index contributed by atoms with van der Waals surface area (Å²) in [5, 5.41) is 2.91. The van der Waals surface area contributed by atoms with E-state index in [4.69, 9.17) is 4.42 Å². The van der Waals surface area contributed by atoms with Crippen LogP contribution in [0.15, 0.2) is 16.5 Å². The maximum absolute atomic E-state index is 11.9. The van der Waals surface area contributed by atoms with Crippen molar-refractivity contribution in [1.82, 2.24) is 5.32 Å². The number of sulfone groups is 1. The highest BCUT2D eigenvalue weighted by atomic mass is 32.2. The van der Waals surface area contributed by atoms with Crippen LogP contribution in [-0.4, -0.2) is 19.7 Å². The average molecular weight is 273 g/mol. The van der Waals surface area contributed by atoms with Gasteiger partial charge in [-0.1, -0.05) is 20.8 Å². The average Bonchev–Trinajstić information content (AvgIpc) is 2.72. The number of rotatable bonds is 7. The van der Waals surface area contributed by atoms with Crippen LogP contribution in [0, 0.1) is 0 Å². The summed E-state index contributed by atoms with van der Waals surface area (Å²) in [6.07, 6.45) is 0.630. The minimum absolute atomic E-state index is 0.0102. The minimum atomic E-state index is -3.10. The van der Waals surface area contributed by atoms with Crippen molar-refractivity contribution in [2.24, 2.45) is 0 Å². The van der Waals surface area contributed by atoms with Crippen molar-refractivity contribution < 1.29 is 12.8 Å². The Balaban J connectivity index is 2.64. The van der Waals surface area contributed by atoms with Crippen molar-refractivity contribution >= 4 is 9.84 Å². The van der Waals surface area contributed by atoms with Crippen LogP contribution in [0.25, 0.3) is 0 Å². The highest BCUT2D eigenvalue weighted by molar-refractivity contribution is 7.91. The number of furan rings is 1. The topological polar surface area (TPSA) is 59.3 Å². The molecule has 0 amide bonds. The van der Waals surface area contributed by atoms with Crippen molar-refractivity contribution in [2.45, 2.75) is 57.7 Å². The molecule has 0 aliphatic heterocycles. The summed E-state index contributed by atoms with van der Waals surface area (Å²) in [5.74, 6) is 1.29. The van der Waals surface area contributed by atoms with Gasteiger partial charge in [0.15, 0.2) is 9.84 Å². The zero-order valence-electron chi connectivity index (χ0n) is 11.6. The van der Waals surface area contributed by atoms with Crippen LogP contribution >= 0.6 is 0 Å². The highest BCUT2D eigenvalue weighted by Gasteiger charge is 2.21. The van der Waals surface area contributed by atoms with Crippen molar-refractivity contribution in [3.05, 3.63) is 23.7 Å². The van der Waals surface area contributed by atoms with E-state index in [1.807, 2.05) is 13.0 Å². The molecule has 0 saturated carbocycles. The zero-order chi connectivity index (χ0) is 13.8. The van der Waals surface area contributed by atoms with E-state index in [1.165, 1.54) is 0 Å². The first-order valence-corrected chi connectivity index (χ1v) is 8.09. The fraction of sp³-hybridized carbons (Fsp3) is 0.692. The molecule has 5 heteroatoms. The maximum Gasteiger partial charge on any atom is 0.160 e. The molecule has 0 radical (unpaired) electrons. The van der Waals surface area contributed by atoms with Crippen LogP contribution in [0.3, 0.4) is 0 Å². The molecule has 1 aromatic rings. The standard InChI is InChI=1S/C13H23NO3S/c1-5-11(4)18(15,16)9-13-7-6-12(17-13)8-14-10(2)3/h6-7,10-11,14H,5,8-9H2,1-4H3. The van der Waals surface area contributed by atoms with Gasteiger partial charge in [0.05, 0.1) is 11.8 Å². The molecule has 1 atom stereocenters. The summed E-state index contributed by atoms with van der Waals surface area (Å²) in [5.41, 5.74) is 0. The molecule has 4 nitrogen and oxygen atoms in total. The second-order valence-corrected chi connectivity index (χ2v) is 7.35. The summed E-state index contributed by atoms with van der Waals surface area (Å²) in [7, 11) is -3.10. The van der Waals surface area contributed by atoms with Gasteiger partial charge in [0, 0.05) is 6.04 Å². The Morgan fingerprint density at radius 2 is 1.83 bits per heavy atom.